The van der Waals surface area contributed by atoms with Gasteiger partial charge in [-0.2, -0.15) is 0 Å². The fraction of sp³-hybridized carbons (Fsp3) is 0.200. The summed E-state index contributed by atoms with van der Waals surface area (Å²) in [5.41, 5.74) is 1.76. The molecule has 0 radical (unpaired) electrons. The lowest BCUT2D eigenvalue weighted by Crippen LogP contribution is -2.12. The molecule has 0 saturated heterocycles. The number of aromatic amines is 1. The largest absolute Gasteiger partial charge is 0.309 e. The SMILES string of the molecule is CCC(Cl)c1nc2scc(-c3cccc(Br)c3)c2c(=O)[nH]1. The molecule has 0 aliphatic rings. The standard InChI is InChI=1S/C15H12BrClN2OS/c1-2-11(17)13-18-14(20)12-10(7-21-15(12)19-13)8-4-3-5-9(16)6-8/h3-7,11H,2H2,1H3,(H,18,19,20). The maximum absolute atomic E-state index is 12.4. The van der Waals surface area contributed by atoms with E-state index in [1.54, 1.807) is 0 Å². The molecule has 0 aliphatic carbocycles. The predicted octanol–water partition coefficient (Wildman–Crippen LogP) is 5.10. The Morgan fingerprint density at radius 1 is 1.48 bits per heavy atom. The van der Waals surface area contributed by atoms with Gasteiger partial charge in [0, 0.05) is 15.4 Å². The van der Waals surface area contributed by atoms with Crippen LogP contribution in [0.15, 0.2) is 38.9 Å². The molecule has 0 aliphatic heterocycles. The monoisotopic (exact) mass is 382 g/mol. The first-order valence-corrected chi connectivity index (χ1v) is 8.62. The highest BCUT2D eigenvalue weighted by Gasteiger charge is 2.15. The third kappa shape index (κ3) is 2.78. The second kappa shape index (κ2) is 5.91. The zero-order chi connectivity index (χ0) is 15.0. The highest BCUT2D eigenvalue weighted by Crippen LogP contribution is 2.33. The van der Waals surface area contributed by atoms with Crippen LogP contribution in [0.1, 0.15) is 24.5 Å². The summed E-state index contributed by atoms with van der Waals surface area (Å²) in [5.74, 6) is 0.541. The van der Waals surface area contributed by atoms with E-state index in [2.05, 4.69) is 25.9 Å². The number of thiophene rings is 1. The van der Waals surface area contributed by atoms with Gasteiger partial charge in [-0.25, -0.2) is 4.98 Å². The van der Waals surface area contributed by atoms with Gasteiger partial charge in [-0.1, -0.05) is 35.0 Å². The molecule has 0 saturated carbocycles. The van der Waals surface area contributed by atoms with Crippen LogP contribution in [0.3, 0.4) is 0 Å². The molecule has 2 heterocycles. The summed E-state index contributed by atoms with van der Waals surface area (Å²) in [6.07, 6.45) is 0.722. The zero-order valence-corrected chi connectivity index (χ0v) is 14.3. The topological polar surface area (TPSA) is 45.8 Å². The van der Waals surface area contributed by atoms with Crippen molar-refractivity contribution < 1.29 is 0 Å². The molecule has 3 nitrogen and oxygen atoms in total. The van der Waals surface area contributed by atoms with E-state index in [1.807, 2.05) is 36.6 Å². The third-order valence-corrected chi connectivity index (χ3v) is 5.13. The number of aromatic nitrogens is 2. The van der Waals surface area contributed by atoms with E-state index in [9.17, 15) is 4.79 Å². The van der Waals surface area contributed by atoms with Crippen molar-refractivity contribution in [3.05, 3.63) is 50.3 Å². The van der Waals surface area contributed by atoms with Crippen LogP contribution in [0.5, 0.6) is 0 Å². The van der Waals surface area contributed by atoms with E-state index in [1.165, 1.54) is 11.3 Å². The predicted molar refractivity (Wildman–Crippen MR) is 92.3 cm³/mol. The Hall–Kier alpha value is -1.17. The fourth-order valence-electron chi connectivity index (χ4n) is 2.18. The van der Waals surface area contributed by atoms with E-state index in [0.29, 0.717) is 11.2 Å². The van der Waals surface area contributed by atoms with Gasteiger partial charge >= 0.3 is 0 Å². The lowest BCUT2D eigenvalue weighted by Gasteiger charge is -2.05. The van der Waals surface area contributed by atoms with E-state index >= 15 is 0 Å². The number of alkyl halides is 1. The van der Waals surface area contributed by atoms with E-state index in [-0.39, 0.29) is 10.9 Å². The van der Waals surface area contributed by atoms with Crippen molar-refractivity contribution in [1.29, 1.82) is 0 Å². The molecule has 0 spiro atoms. The number of nitrogens with one attached hydrogen (secondary N) is 1. The van der Waals surface area contributed by atoms with Gasteiger partial charge in [-0.05, 0) is 24.1 Å². The minimum atomic E-state index is -0.265. The van der Waals surface area contributed by atoms with Crippen LogP contribution in [-0.4, -0.2) is 9.97 Å². The fourth-order valence-corrected chi connectivity index (χ4v) is 3.63. The number of nitrogens with zero attached hydrogens (tertiary/aromatic N) is 1. The molecule has 108 valence electrons. The molecule has 3 aromatic rings. The van der Waals surface area contributed by atoms with Crippen LogP contribution in [0.25, 0.3) is 21.3 Å². The second-order valence-electron chi connectivity index (χ2n) is 4.67. The molecule has 6 heteroatoms. The van der Waals surface area contributed by atoms with Crippen molar-refractivity contribution in [3.8, 4) is 11.1 Å². The molecular formula is C15H12BrClN2OS. The normalized spacial score (nSPS) is 12.7. The first kappa shape index (κ1) is 14.8. The summed E-state index contributed by atoms with van der Waals surface area (Å²) in [5, 5.41) is 2.33. The Morgan fingerprint density at radius 3 is 3.00 bits per heavy atom. The van der Waals surface area contributed by atoms with Gasteiger partial charge in [0.2, 0.25) is 0 Å². The van der Waals surface area contributed by atoms with Gasteiger partial charge in [-0.3, -0.25) is 4.79 Å². The van der Waals surface area contributed by atoms with E-state index in [0.717, 1.165) is 26.9 Å². The molecular weight excluding hydrogens is 372 g/mol. The molecule has 1 N–H and O–H groups in total. The highest BCUT2D eigenvalue weighted by molar-refractivity contribution is 9.10. The number of H-pyrrole nitrogens is 1. The summed E-state index contributed by atoms with van der Waals surface area (Å²) >= 11 is 11.1. The van der Waals surface area contributed by atoms with Crippen LogP contribution in [0.4, 0.5) is 0 Å². The quantitative estimate of drug-likeness (QED) is 0.639. The number of fused-ring (bicyclic) bond motifs is 1. The Kier molecular flexibility index (Phi) is 4.15. The lowest BCUT2D eigenvalue weighted by atomic mass is 10.1. The van der Waals surface area contributed by atoms with Crippen molar-refractivity contribution in [2.75, 3.05) is 0 Å². The molecule has 1 aromatic carbocycles. The number of benzene rings is 1. The smallest absolute Gasteiger partial charge is 0.260 e. The van der Waals surface area contributed by atoms with E-state index < -0.39 is 0 Å². The Bertz CT molecular complexity index is 858. The molecule has 3 rings (SSSR count). The minimum absolute atomic E-state index is 0.134. The van der Waals surface area contributed by atoms with Crippen molar-refractivity contribution in [2.24, 2.45) is 0 Å². The third-order valence-electron chi connectivity index (χ3n) is 3.25. The highest BCUT2D eigenvalue weighted by atomic mass is 79.9. The van der Waals surface area contributed by atoms with Crippen LogP contribution in [0, 0.1) is 0 Å². The molecule has 1 unspecified atom stereocenters. The average Bonchev–Trinajstić information content (AvgIpc) is 2.91. The lowest BCUT2D eigenvalue weighted by molar-refractivity contribution is 0.807. The summed E-state index contributed by atoms with van der Waals surface area (Å²) in [6, 6.07) is 7.88. The maximum atomic E-state index is 12.4. The summed E-state index contributed by atoms with van der Waals surface area (Å²) in [4.78, 5) is 20.4. The van der Waals surface area contributed by atoms with Gasteiger partial charge in [0.1, 0.15) is 10.7 Å². The van der Waals surface area contributed by atoms with Gasteiger partial charge < -0.3 is 4.98 Å². The number of rotatable bonds is 3. The van der Waals surface area contributed by atoms with Gasteiger partial charge in [-0.15, -0.1) is 22.9 Å². The summed E-state index contributed by atoms with van der Waals surface area (Å²) < 4.78 is 0.979. The van der Waals surface area contributed by atoms with Gasteiger partial charge in [0.15, 0.2) is 0 Å². The first-order chi connectivity index (χ1) is 10.1. The van der Waals surface area contributed by atoms with Gasteiger partial charge in [0.25, 0.3) is 5.56 Å². The molecule has 0 bridgehead atoms. The van der Waals surface area contributed by atoms with Crippen molar-refractivity contribution in [3.63, 3.8) is 0 Å². The molecule has 1 atom stereocenters. The van der Waals surface area contributed by atoms with Crippen LogP contribution < -0.4 is 5.56 Å². The molecule has 2 aromatic heterocycles. The van der Waals surface area contributed by atoms with Crippen molar-refractivity contribution in [1.82, 2.24) is 9.97 Å². The Balaban J connectivity index is 2.21. The molecule has 21 heavy (non-hydrogen) atoms. The summed E-state index contributed by atoms with van der Waals surface area (Å²) in [6.45, 7) is 1.96. The zero-order valence-electron chi connectivity index (χ0n) is 11.2. The second-order valence-corrected chi connectivity index (χ2v) is 6.97. The summed E-state index contributed by atoms with van der Waals surface area (Å²) in [7, 11) is 0. The average molecular weight is 384 g/mol. The Morgan fingerprint density at radius 2 is 2.29 bits per heavy atom. The number of halogens is 2. The molecule has 0 fully saturated rings. The van der Waals surface area contributed by atoms with Crippen LogP contribution in [0.2, 0.25) is 0 Å². The van der Waals surface area contributed by atoms with Crippen LogP contribution in [-0.2, 0) is 0 Å². The number of hydrogen-bond donors (Lipinski definition) is 1. The van der Waals surface area contributed by atoms with E-state index in [4.69, 9.17) is 11.6 Å². The maximum Gasteiger partial charge on any atom is 0.260 e. The van der Waals surface area contributed by atoms with Crippen LogP contribution >= 0.6 is 38.9 Å². The Labute approximate surface area is 139 Å². The minimum Gasteiger partial charge on any atom is -0.309 e. The number of hydrogen-bond acceptors (Lipinski definition) is 3. The molecule has 0 amide bonds. The van der Waals surface area contributed by atoms with Crippen molar-refractivity contribution in [2.45, 2.75) is 18.7 Å². The first-order valence-electron chi connectivity index (χ1n) is 6.51. The van der Waals surface area contributed by atoms with Crippen molar-refractivity contribution >= 4 is 49.1 Å². The van der Waals surface area contributed by atoms with Gasteiger partial charge in [0.05, 0.1) is 10.8 Å².